The molecule has 0 fully saturated rings. The van der Waals surface area contributed by atoms with Crippen molar-refractivity contribution in [3.8, 4) is 0 Å². The van der Waals surface area contributed by atoms with E-state index in [0.29, 0.717) is 0 Å². The minimum atomic E-state index is -1.44. The molecule has 0 aliphatic rings. The third-order valence-electron chi connectivity index (χ3n) is 4.30. The van der Waals surface area contributed by atoms with E-state index in [0.717, 1.165) is 0 Å². The fraction of sp³-hybridized carbons (Fsp3) is 0.667. The predicted molar refractivity (Wildman–Crippen MR) is 107 cm³/mol. The lowest BCUT2D eigenvalue weighted by atomic mass is 10.0. The van der Waals surface area contributed by atoms with Crippen molar-refractivity contribution in [2.45, 2.75) is 70.6 Å². The summed E-state index contributed by atoms with van der Waals surface area (Å²) in [6.45, 7) is 4.61. The fourth-order valence-corrected chi connectivity index (χ4v) is 2.41. The number of rotatable bonds is 14. The van der Waals surface area contributed by atoms with Crippen molar-refractivity contribution in [2.75, 3.05) is 0 Å². The van der Waals surface area contributed by atoms with Gasteiger partial charge in [0, 0.05) is 12.8 Å². The first-order valence-electron chi connectivity index (χ1n) is 9.65. The number of carbonyl (C=O) groups is 6. The van der Waals surface area contributed by atoms with E-state index in [9.17, 15) is 28.8 Å². The Labute approximate surface area is 179 Å². The Morgan fingerprint density at radius 2 is 1.39 bits per heavy atom. The van der Waals surface area contributed by atoms with Crippen LogP contribution in [0.4, 0.5) is 0 Å². The molecular weight excluding hydrogens is 414 g/mol. The zero-order valence-electron chi connectivity index (χ0n) is 17.7. The van der Waals surface area contributed by atoms with Gasteiger partial charge in [0.25, 0.3) is 0 Å². The van der Waals surface area contributed by atoms with Crippen molar-refractivity contribution >= 4 is 35.6 Å². The van der Waals surface area contributed by atoms with E-state index < -0.39 is 66.2 Å². The van der Waals surface area contributed by atoms with Gasteiger partial charge in [0.15, 0.2) is 0 Å². The van der Waals surface area contributed by atoms with E-state index in [1.54, 1.807) is 13.8 Å². The minimum absolute atomic E-state index is 0.000665. The molecule has 0 aliphatic heterocycles. The van der Waals surface area contributed by atoms with Gasteiger partial charge in [-0.1, -0.05) is 13.8 Å². The number of carboxylic acid groups (broad SMARTS) is 2. The molecule has 13 nitrogen and oxygen atoms in total. The molecule has 0 heterocycles. The first-order valence-corrected chi connectivity index (χ1v) is 9.65. The summed E-state index contributed by atoms with van der Waals surface area (Å²) in [5, 5.41) is 24.8. The van der Waals surface area contributed by atoms with Crippen LogP contribution in [0, 0.1) is 5.92 Å². The molecule has 4 amide bonds. The minimum Gasteiger partial charge on any atom is -0.481 e. The van der Waals surface area contributed by atoms with Crippen LogP contribution in [0.25, 0.3) is 0 Å². The Kier molecular flexibility index (Phi) is 11.8. The second kappa shape index (κ2) is 13.2. The van der Waals surface area contributed by atoms with Crippen molar-refractivity contribution in [3.63, 3.8) is 0 Å². The summed E-state index contributed by atoms with van der Waals surface area (Å²) in [4.78, 5) is 69.6. The number of carboxylic acids is 2. The van der Waals surface area contributed by atoms with E-state index in [-0.39, 0.29) is 25.2 Å². The summed E-state index contributed by atoms with van der Waals surface area (Å²) < 4.78 is 0. The SMILES string of the molecule is CC(NC(=O)C(NC(=O)C(N)CCC(N)=O)C(C)C)C(=O)NC(CCC(=O)O)C(=O)O. The van der Waals surface area contributed by atoms with Crippen LogP contribution in [-0.4, -0.2) is 69.9 Å². The van der Waals surface area contributed by atoms with Gasteiger partial charge in [0.1, 0.15) is 18.1 Å². The van der Waals surface area contributed by atoms with Crippen molar-refractivity contribution < 1.29 is 39.0 Å². The number of amides is 4. The van der Waals surface area contributed by atoms with Gasteiger partial charge in [-0.15, -0.1) is 0 Å². The van der Waals surface area contributed by atoms with Gasteiger partial charge in [0.2, 0.25) is 23.6 Å². The summed E-state index contributed by atoms with van der Waals surface area (Å²) in [6, 6.07) is -4.72. The average Bonchev–Trinajstić information content (AvgIpc) is 2.65. The van der Waals surface area contributed by atoms with Gasteiger partial charge >= 0.3 is 11.9 Å². The molecule has 4 unspecified atom stereocenters. The smallest absolute Gasteiger partial charge is 0.326 e. The fourth-order valence-electron chi connectivity index (χ4n) is 2.41. The van der Waals surface area contributed by atoms with Crippen LogP contribution in [0.2, 0.25) is 0 Å². The number of primary amides is 1. The van der Waals surface area contributed by atoms with Crippen LogP contribution < -0.4 is 27.4 Å². The van der Waals surface area contributed by atoms with Crippen LogP contribution in [-0.2, 0) is 28.8 Å². The number of nitrogens with one attached hydrogen (secondary N) is 3. The summed E-state index contributed by atoms with van der Waals surface area (Å²) in [5.74, 6) is -5.85. The summed E-state index contributed by atoms with van der Waals surface area (Å²) in [7, 11) is 0. The number of aliphatic carboxylic acids is 2. The second-order valence-corrected chi connectivity index (χ2v) is 7.40. The predicted octanol–water partition coefficient (Wildman–Crippen LogP) is -2.34. The zero-order chi connectivity index (χ0) is 24.3. The monoisotopic (exact) mass is 445 g/mol. The van der Waals surface area contributed by atoms with Gasteiger partial charge < -0.3 is 37.6 Å². The molecule has 176 valence electrons. The van der Waals surface area contributed by atoms with Crippen molar-refractivity contribution in [1.82, 2.24) is 16.0 Å². The Balaban J connectivity index is 4.96. The molecule has 13 heteroatoms. The largest absolute Gasteiger partial charge is 0.481 e. The van der Waals surface area contributed by atoms with Gasteiger partial charge in [-0.3, -0.25) is 24.0 Å². The second-order valence-electron chi connectivity index (χ2n) is 7.40. The number of hydrogen-bond donors (Lipinski definition) is 7. The van der Waals surface area contributed by atoms with Crippen LogP contribution in [0.5, 0.6) is 0 Å². The Morgan fingerprint density at radius 1 is 0.806 bits per heavy atom. The number of carbonyl (C=O) groups excluding carboxylic acids is 4. The maximum absolute atomic E-state index is 12.5. The molecule has 9 N–H and O–H groups in total. The third-order valence-corrected chi connectivity index (χ3v) is 4.30. The lowest BCUT2D eigenvalue weighted by Crippen LogP contribution is -2.57. The third kappa shape index (κ3) is 10.9. The maximum atomic E-state index is 12.5. The molecule has 0 aromatic rings. The molecule has 0 saturated carbocycles. The average molecular weight is 445 g/mol. The molecule has 4 atom stereocenters. The van der Waals surface area contributed by atoms with Crippen LogP contribution in [0.1, 0.15) is 46.5 Å². The molecule has 0 spiro atoms. The van der Waals surface area contributed by atoms with Gasteiger partial charge in [0.05, 0.1) is 6.04 Å². The van der Waals surface area contributed by atoms with Crippen molar-refractivity contribution in [1.29, 1.82) is 0 Å². The van der Waals surface area contributed by atoms with Gasteiger partial charge in [-0.2, -0.15) is 0 Å². The first kappa shape index (κ1) is 27.8. The molecule has 0 aromatic carbocycles. The Hall–Kier alpha value is -3.22. The van der Waals surface area contributed by atoms with Crippen molar-refractivity contribution in [2.24, 2.45) is 17.4 Å². The first-order chi connectivity index (χ1) is 14.3. The molecular formula is C18H31N5O8. The molecule has 0 radical (unpaired) electrons. The van der Waals surface area contributed by atoms with E-state index in [2.05, 4.69) is 16.0 Å². The standard InChI is InChI=1S/C18H31N5O8/c1-8(2)14(23-16(28)10(19)4-6-12(20)24)17(29)21-9(3)15(27)22-11(18(30)31)5-7-13(25)26/h8-11,14H,4-7,19H2,1-3H3,(H2,20,24)(H,21,29)(H,22,27)(H,23,28)(H,25,26)(H,30,31). The highest BCUT2D eigenvalue weighted by Gasteiger charge is 2.30. The topological polar surface area (TPSA) is 231 Å². The van der Waals surface area contributed by atoms with E-state index >= 15 is 0 Å². The zero-order valence-corrected chi connectivity index (χ0v) is 17.7. The number of hydrogen-bond acceptors (Lipinski definition) is 7. The molecule has 0 saturated heterocycles. The molecule has 0 aromatic heterocycles. The highest BCUT2D eigenvalue weighted by molar-refractivity contribution is 5.94. The maximum Gasteiger partial charge on any atom is 0.326 e. The molecule has 0 bridgehead atoms. The molecule has 0 aliphatic carbocycles. The summed E-state index contributed by atoms with van der Waals surface area (Å²) >= 11 is 0. The Bertz CT molecular complexity index is 696. The molecule has 31 heavy (non-hydrogen) atoms. The lowest BCUT2D eigenvalue weighted by molar-refractivity contribution is -0.143. The van der Waals surface area contributed by atoms with E-state index in [1.165, 1.54) is 6.92 Å². The van der Waals surface area contributed by atoms with E-state index in [1.807, 2.05) is 0 Å². The number of nitrogens with two attached hydrogens (primary N) is 2. The molecule has 0 rings (SSSR count). The lowest BCUT2D eigenvalue weighted by Gasteiger charge is -2.25. The van der Waals surface area contributed by atoms with Crippen molar-refractivity contribution in [3.05, 3.63) is 0 Å². The highest BCUT2D eigenvalue weighted by Crippen LogP contribution is 2.05. The van der Waals surface area contributed by atoms with Crippen LogP contribution >= 0.6 is 0 Å². The van der Waals surface area contributed by atoms with Gasteiger partial charge in [-0.25, -0.2) is 4.79 Å². The summed E-state index contributed by atoms with van der Waals surface area (Å²) in [5.41, 5.74) is 10.7. The normalized spacial score (nSPS) is 14.6. The highest BCUT2D eigenvalue weighted by atomic mass is 16.4. The quantitative estimate of drug-likeness (QED) is 0.151. The van der Waals surface area contributed by atoms with Crippen LogP contribution in [0.3, 0.4) is 0 Å². The van der Waals surface area contributed by atoms with E-state index in [4.69, 9.17) is 21.7 Å². The van der Waals surface area contributed by atoms with Gasteiger partial charge in [-0.05, 0) is 25.7 Å². The Morgan fingerprint density at radius 3 is 1.84 bits per heavy atom. The van der Waals surface area contributed by atoms with Crippen LogP contribution in [0.15, 0.2) is 0 Å². The summed E-state index contributed by atoms with van der Waals surface area (Å²) in [6.07, 6.45) is -0.892.